The van der Waals surface area contributed by atoms with Gasteiger partial charge in [-0.1, -0.05) is 54.2 Å². The Kier molecular flexibility index (Phi) is 9.61. The summed E-state index contributed by atoms with van der Waals surface area (Å²) in [5.41, 5.74) is 0.898. The number of halogens is 1. The predicted octanol–water partition coefficient (Wildman–Crippen LogP) is 5.09. The lowest BCUT2D eigenvalue weighted by Crippen LogP contribution is -2.52. The molecule has 0 bridgehead atoms. The third-order valence-electron chi connectivity index (χ3n) is 6.00. The van der Waals surface area contributed by atoms with E-state index in [1.54, 1.807) is 24.1 Å². The number of amides is 2. The van der Waals surface area contributed by atoms with Crippen molar-refractivity contribution in [2.75, 3.05) is 13.7 Å². The largest absolute Gasteiger partial charge is 0.497 e. The van der Waals surface area contributed by atoms with Crippen LogP contribution in [0.2, 0.25) is 0 Å². The SMILES string of the molecule is CC[C@H](C(=O)NC1CCCCC1)N(Cc1cccc(OC)c1)C(=O)COc1ccc(Br)cc1. The van der Waals surface area contributed by atoms with Crippen molar-refractivity contribution in [1.29, 1.82) is 0 Å². The van der Waals surface area contributed by atoms with Crippen LogP contribution < -0.4 is 14.8 Å². The highest BCUT2D eigenvalue weighted by Crippen LogP contribution is 2.21. The first-order valence-corrected chi connectivity index (χ1v) is 12.4. The van der Waals surface area contributed by atoms with Crippen molar-refractivity contribution < 1.29 is 19.1 Å². The van der Waals surface area contributed by atoms with Gasteiger partial charge in [0.2, 0.25) is 5.91 Å². The molecule has 7 heteroatoms. The maximum absolute atomic E-state index is 13.3. The second kappa shape index (κ2) is 12.6. The fourth-order valence-electron chi connectivity index (χ4n) is 4.19. The second-order valence-electron chi connectivity index (χ2n) is 8.38. The molecular formula is C26H33BrN2O4. The molecule has 1 atom stereocenters. The van der Waals surface area contributed by atoms with Crippen molar-refractivity contribution in [2.45, 2.75) is 64.1 Å². The van der Waals surface area contributed by atoms with Gasteiger partial charge in [0.1, 0.15) is 17.5 Å². The average molecular weight is 517 g/mol. The van der Waals surface area contributed by atoms with Crippen molar-refractivity contribution >= 4 is 27.7 Å². The van der Waals surface area contributed by atoms with E-state index in [-0.39, 0.29) is 24.5 Å². The third kappa shape index (κ3) is 7.49. The molecule has 33 heavy (non-hydrogen) atoms. The number of rotatable bonds is 10. The van der Waals surface area contributed by atoms with Crippen LogP contribution >= 0.6 is 15.9 Å². The quantitative estimate of drug-likeness (QED) is 0.477. The van der Waals surface area contributed by atoms with Crippen LogP contribution in [0.3, 0.4) is 0 Å². The molecule has 0 unspecified atom stereocenters. The normalized spacial score (nSPS) is 14.9. The maximum Gasteiger partial charge on any atom is 0.261 e. The van der Waals surface area contributed by atoms with Gasteiger partial charge < -0.3 is 19.7 Å². The molecule has 1 fully saturated rings. The number of hydrogen-bond acceptors (Lipinski definition) is 4. The van der Waals surface area contributed by atoms with E-state index in [1.165, 1.54) is 6.42 Å². The summed E-state index contributed by atoms with van der Waals surface area (Å²) in [6.45, 7) is 2.10. The summed E-state index contributed by atoms with van der Waals surface area (Å²) in [4.78, 5) is 28.2. The number of methoxy groups -OCH3 is 1. The van der Waals surface area contributed by atoms with Gasteiger partial charge in [-0.05, 0) is 61.2 Å². The number of ether oxygens (including phenoxy) is 2. The fraction of sp³-hybridized carbons (Fsp3) is 0.462. The highest BCUT2D eigenvalue weighted by molar-refractivity contribution is 9.10. The van der Waals surface area contributed by atoms with Gasteiger partial charge in [-0.25, -0.2) is 0 Å². The van der Waals surface area contributed by atoms with Gasteiger partial charge in [-0.2, -0.15) is 0 Å². The van der Waals surface area contributed by atoms with Crippen molar-refractivity contribution in [3.05, 3.63) is 58.6 Å². The zero-order valence-corrected chi connectivity index (χ0v) is 21.0. The molecule has 1 aliphatic carbocycles. The predicted molar refractivity (Wildman–Crippen MR) is 132 cm³/mol. The Balaban J connectivity index is 1.76. The Morgan fingerprint density at radius 1 is 1.09 bits per heavy atom. The highest BCUT2D eigenvalue weighted by atomic mass is 79.9. The third-order valence-corrected chi connectivity index (χ3v) is 6.53. The Morgan fingerprint density at radius 2 is 1.82 bits per heavy atom. The van der Waals surface area contributed by atoms with Crippen LogP contribution in [0.15, 0.2) is 53.0 Å². The molecule has 178 valence electrons. The maximum atomic E-state index is 13.3. The zero-order chi connectivity index (χ0) is 23.6. The molecule has 0 heterocycles. The molecule has 3 rings (SSSR count). The molecule has 2 aromatic carbocycles. The molecule has 0 saturated heterocycles. The number of carbonyl (C=O) groups excluding carboxylic acids is 2. The minimum absolute atomic E-state index is 0.0933. The van der Waals surface area contributed by atoms with E-state index >= 15 is 0 Å². The van der Waals surface area contributed by atoms with Crippen molar-refractivity contribution in [2.24, 2.45) is 0 Å². The van der Waals surface area contributed by atoms with Crippen LogP contribution in [-0.4, -0.2) is 42.5 Å². The van der Waals surface area contributed by atoms with Crippen LogP contribution in [0.4, 0.5) is 0 Å². The Morgan fingerprint density at radius 3 is 2.48 bits per heavy atom. The summed E-state index contributed by atoms with van der Waals surface area (Å²) in [5.74, 6) is 0.994. The van der Waals surface area contributed by atoms with E-state index in [2.05, 4.69) is 21.2 Å². The molecule has 0 radical (unpaired) electrons. The summed E-state index contributed by atoms with van der Waals surface area (Å²) >= 11 is 3.40. The van der Waals surface area contributed by atoms with E-state index in [9.17, 15) is 9.59 Å². The van der Waals surface area contributed by atoms with Crippen LogP contribution in [0.25, 0.3) is 0 Å². The Labute approximate surface area is 204 Å². The van der Waals surface area contributed by atoms with Gasteiger partial charge in [-0.15, -0.1) is 0 Å². The van der Waals surface area contributed by atoms with Gasteiger partial charge >= 0.3 is 0 Å². The van der Waals surface area contributed by atoms with Crippen LogP contribution in [-0.2, 0) is 16.1 Å². The lowest BCUT2D eigenvalue weighted by Gasteiger charge is -2.32. The summed E-state index contributed by atoms with van der Waals surface area (Å²) in [5, 5.41) is 3.19. The highest BCUT2D eigenvalue weighted by Gasteiger charge is 2.30. The molecule has 1 saturated carbocycles. The molecule has 0 aliphatic heterocycles. The number of nitrogens with one attached hydrogen (secondary N) is 1. The summed E-state index contributed by atoms with van der Waals surface area (Å²) in [7, 11) is 1.61. The standard InChI is InChI=1S/C26H33BrN2O4/c1-3-24(26(31)28-21-9-5-4-6-10-21)29(17-19-8-7-11-23(16-19)32-2)25(30)18-33-22-14-12-20(27)13-15-22/h7-8,11-16,21,24H,3-6,9-10,17-18H2,1-2H3,(H,28,31)/t24-/m1/s1. The number of benzene rings is 2. The van der Waals surface area contributed by atoms with Crippen LogP contribution in [0.1, 0.15) is 51.0 Å². The molecule has 6 nitrogen and oxygen atoms in total. The minimum Gasteiger partial charge on any atom is -0.497 e. The molecule has 2 amide bonds. The van der Waals surface area contributed by atoms with E-state index in [1.807, 2.05) is 43.3 Å². The van der Waals surface area contributed by atoms with Gasteiger partial charge in [-0.3, -0.25) is 9.59 Å². The number of carbonyl (C=O) groups is 2. The fourth-order valence-corrected chi connectivity index (χ4v) is 4.45. The van der Waals surface area contributed by atoms with Crippen molar-refractivity contribution in [3.63, 3.8) is 0 Å². The minimum atomic E-state index is -0.570. The molecule has 0 aromatic heterocycles. The van der Waals surface area contributed by atoms with Gasteiger partial charge in [0.05, 0.1) is 7.11 Å². The molecule has 1 N–H and O–H groups in total. The van der Waals surface area contributed by atoms with E-state index < -0.39 is 6.04 Å². The lowest BCUT2D eigenvalue weighted by atomic mass is 9.95. The average Bonchev–Trinajstić information content (AvgIpc) is 2.84. The van der Waals surface area contributed by atoms with Crippen LogP contribution in [0.5, 0.6) is 11.5 Å². The summed E-state index contributed by atoms with van der Waals surface area (Å²) < 4.78 is 12.0. The van der Waals surface area contributed by atoms with Gasteiger partial charge in [0, 0.05) is 17.1 Å². The van der Waals surface area contributed by atoms with Crippen molar-refractivity contribution in [1.82, 2.24) is 10.2 Å². The first-order valence-electron chi connectivity index (χ1n) is 11.6. The first-order chi connectivity index (χ1) is 16.0. The smallest absolute Gasteiger partial charge is 0.261 e. The number of hydrogen-bond donors (Lipinski definition) is 1. The van der Waals surface area contributed by atoms with E-state index in [0.29, 0.717) is 24.5 Å². The number of nitrogens with zero attached hydrogens (tertiary/aromatic N) is 1. The Hall–Kier alpha value is -2.54. The lowest BCUT2D eigenvalue weighted by molar-refractivity contribution is -0.143. The molecule has 1 aliphatic rings. The van der Waals surface area contributed by atoms with Gasteiger partial charge in [0.15, 0.2) is 6.61 Å². The first kappa shape index (κ1) is 25.1. The molecular weight excluding hydrogens is 484 g/mol. The monoisotopic (exact) mass is 516 g/mol. The van der Waals surface area contributed by atoms with E-state index in [4.69, 9.17) is 9.47 Å². The topological polar surface area (TPSA) is 67.9 Å². The van der Waals surface area contributed by atoms with Crippen molar-refractivity contribution in [3.8, 4) is 11.5 Å². The zero-order valence-electron chi connectivity index (χ0n) is 19.4. The second-order valence-corrected chi connectivity index (χ2v) is 9.30. The van der Waals surface area contributed by atoms with E-state index in [0.717, 1.165) is 35.7 Å². The summed E-state index contributed by atoms with van der Waals surface area (Å²) in [6, 6.07) is 14.5. The molecule has 0 spiro atoms. The Bertz CT molecular complexity index is 913. The molecule has 2 aromatic rings. The summed E-state index contributed by atoms with van der Waals surface area (Å²) in [6.07, 6.45) is 6.01. The van der Waals surface area contributed by atoms with Gasteiger partial charge in [0.25, 0.3) is 5.91 Å². The van der Waals surface area contributed by atoms with Crippen LogP contribution in [0, 0.1) is 0 Å².